The molecule has 2 aromatic carbocycles. The average molecular weight is 341 g/mol. The number of carbonyl (C=O) groups excluding carboxylic acids is 2. The number of urea groups is 1. The summed E-state index contributed by atoms with van der Waals surface area (Å²) in [6, 6.07) is 14.6. The number of anilines is 1. The van der Waals surface area contributed by atoms with Crippen molar-refractivity contribution >= 4 is 17.6 Å². The van der Waals surface area contributed by atoms with Gasteiger partial charge in [-0.3, -0.25) is 4.79 Å². The molecule has 0 bridgehead atoms. The Morgan fingerprint density at radius 2 is 1.60 bits per heavy atom. The topological polar surface area (TPSA) is 61.4 Å². The zero-order valence-electron chi connectivity index (χ0n) is 13.7. The van der Waals surface area contributed by atoms with Gasteiger partial charge in [0.25, 0.3) is 5.91 Å². The fraction of sp³-hybridized carbons (Fsp3) is 0.263. The second-order valence-corrected chi connectivity index (χ2v) is 6.04. The second kappa shape index (κ2) is 7.79. The van der Waals surface area contributed by atoms with Gasteiger partial charge in [-0.1, -0.05) is 18.2 Å². The Kier molecular flexibility index (Phi) is 5.28. The third kappa shape index (κ3) is 4.56. The molecule has 25 heavy (non-hydrogen) atoms. The van der Waals surface area contributed by atoms with E-state index >= 15 is 0 Å². The summed E-state index contributed by atoms with van der Waals surface area (Å²) < 4.78 is 13.0. The lowest BCUT2D eigenvalue weighted by atomic mass is 10.0. The molecule has 0 spiro atoms. The van der Waals surface area contributed by atoms with Gasteiger partial charge in [0.05, 0.1) is 0 Å². The second-order valence-electron chi connectivity index (χ2n) is 6.04. The molecule has 2 N–H and O–H groups in total. The number of nitrogens with zero attached hydrogens (tertiary/aromatic N) is 1. The lowest BCUT2D eigenvalue weighted by molar-refractivity contribution is 0.0709. The van der Waals surface area contributed by atoms with Crippen molar-refractivity contribution < 1.29 is 14.0 Å². The Labute approximate surface area is 145 Å². The van der Waals surface area contributed by atoms with Crippen molar-refractivity contribution in [2.45, 2.75) is 18.9 Å². The van der Waals surface area contributed by atoms with Crippen LogP contribution in [-0.2, 0) is 0 Å². The Morgan fingerprint density at radius 1 is 0.960 bits per heavy atom. The molecule has 0 saturated carbocycles. The minimum absolute atomic E-state index is 0.0287. The zero-order valence-corrected chi connectivity index (χ0v) is 13.7. The van der Waals surface area contributed by atoms with Gasteiger partial charge in [-0.25, -0.2) is 9.18 Å². The first kappa shape index (κ1) is 17.0. The van der Waals surface area contributed by atoms with Crippen LogP contribution in [0, 0.1) is 5.82 Å². The minimum atomic E-state index is -0.358. The van der Waals surface area contributed by atoms with E-state index in [0.717, 1.165) is 5.69 Å². The molecule has 5 nitrogen and oxygen atoms in total. The van der Waals surface area contributed by atoms with Gasteiger partial charge in [-0.05, 0) is 49.2 Å². The van der Waals surface area contributed by atoms with E-state index < -0.39 is 0 Å². The highest BCUT2D eigenvalue weighted by Crippen LogP contribution is 2.15. The number of carbonyl (C=O) groups is 2. The summed E-state index contributed by atoms with van der Waals surface area (Å²) in [5.74, 6) is -0.462. The van der Waals surface area contributed by atoms with Crippen molar-refractivity contribution in [3.05, 3.63) is 66.0 Å². The summed E-state index contributed by atoms with van der Waals surface area (Å²) in [5, 5.41) is 5.72. The van der Waals surface area contributed by atoms with Crippen molar-refractivity contribution in [3.8, 4) is 0 Å². The van der Waals surface area contributed by atoms with Crippen LogP contribution in [0.15, 0.2) is 54.6 Å². The fourth-order valence-corrected chi connectivity index (χ4v) is 2.88. The molecule has 0 aliphatic carbocycles. The van der Waals surface area contributed by atoms with Gasteiger partial charge < -0.3 is 15.5 Å². The minimum Gasteiger partial charge on any atom is -0.338 e. The smallest absolute Gasteiger partial charge is 0.319 e. The quantitative estimate of drug-likeness (QED) is 0.900. The first-order valence-electron chi connectivity index (χ1n) is 8.29. The van der Waals surface area contributed by atoms with E-state index in [1.807, 2.05) is 30.3 Å². The van der Waals surface area contributed by atoms with Gasteiger partial charge in [-0.15, -0.1) is 0 Å². The number of hydrogen-bond donors (Lipinski definition) is 2. The van der Waals surface area contributed by atoms with E-state index in [2.05, 4.69) is 10.6 Å². The highest BCUT2D eigenvalue weighted by molar-refractivity contribution is 5.94. The van der Waals surface area contributed by atoms with Crippen molar-refractivity contribution in [2.75, 3.05) is 18.4 Å². The molecule has 6 heteroatoms. The lowest BCUT2D eigenvalue weighted by Gasteiger charge is -2.32. The molecular formula is C19H20FN3O2. The molecule has 1 saturated heterocycles. The third-order valence-electron chi connectivity index (χ3n) is 4.24. The molecule has 130 valence electrons. The summed E-state index contributed by atoms with van der Waals surface area (Å²) in [6.07, 6.45) is 1.38. The summed E-state index contributed by atoms with van der Waals surface area (Å²) in [5.41, 5.74) is 1.22. The standard InChI is InChI=1S/C19H20FN3O2/c20-15-8-6-14(7-9-15)18(24)23-12-10-17(11-13-23)22-19(25)21-16-4-2-1-3-5-16/h1-9,17H,10-13H2,(H2,21,22,25). The number of amides is 3. The number of rotatable bonds is 3. The molecule has 1 aliphatic rings. The van der Waals surface area contributed by atoms with Crippen LogP contribution in [0.25, 0.3) is 0 Å². The molecule has 1 heterocycles. The average Bonchev–Trinajstić information content (AvgIpc) is 2.63. The first-order chi connectivity index (χ1) is 12.1. The van der Waals surface area contributed by atoms with Gasteiger partial charge >= 0.3 is 6.03 Å². The predicted octanol–water partition coefficient (Wildman–Crippen LogP) is 3.25. The van der Waals surface area contributed by atoms with E-state index in [1.54, 1.807) is 4.90 Å². The molecular weight excluding hydrogens is 321 g/mol. The van der Waals surface area contributed by atoms with Crippen molar-refractivity contribution in [1.29, 1.82) is 0 Å². The van der Waals surface area contributed by atoms with Crippen LogP contribution < -0.4 is 10.6 Å². The monoisotopic (exact) mass is 341 g/mol. The third-order valence-corrected chi connectivity index (χ3v) is 4.24. The molecule has 3 rings (SSSR count). The number of piperidine rings is 1. The Balaban J connectivity index is 1.47. The number of para-hydroxylation sites is 1. The highest BCUT2D eigenvalue weighted by atomic mass is 19.1. The van der Waals surface area contributed by atoms with Crippen molar-refractivity contribution in [1.82, 2.24) is 10.2 Å². The molecule has 0 radical (unpaired) electrons. The molecule has 1 aliphatic heterocycles. The van der Waals surface area contributed by atoms with Crippen LogP contribution in [0.2, 0.25) is 0 Å². The van der Waals surface area contributed by atoms with Crippen molar-refractivity contribution in [3.63, 3.8) is 0 Å². The maximum Gasteiger partial charge on any atom is 0.319 e. The van der Waals surface area contributed by atoms with E-state index in [9.17, 15) is 14.0 Å². The van der Waals surface area contributed by atoms with E-state index in [1.165, 1.54) is 24.3 Å². The van der Waals surface area contributed by atoms with Gasteiger partial charge in [0, 0.05) is 30.4 Å². The van der Waals surface area contributed by atoms with E-state index in [4.69, 9.17) is 0 Å². The molecule has 0 atom stereocenters. The highest BCUT2D eigenvalue weighted by Gasteiger charge is 2.24. The summed E-state index contributed by atoms with van der Waals surface area (Å²) in [7, 11) is 0. The Morgan fingerprint density at radius 3 is 2.24 bits per heavy atom. The van der Waals surface area contributed by atoms with Gasteiger partial charge in [0.2, 0.25) is 0 Å². The van der Waals surface area contributed by atoms with Crippen LogP contribution in [0.3, 0.4) is 0 Å². The Hall–Kier alpha value is -2.89. The van der Waals surface area contributed by atoms with Gasteiger partial charge in [0.1, 0.15) is 5.82 Å². The molecule has 0 unspecified atom stereocenters. The summed E-state index contributed by atoms with van der Waals surface area (Å²) >= 11 is 0. The maximum absolute atomic E-state index is 13.0. The molecule has 2 aromatic rings. The van der Waals surface area contributed by atoms with E-state index in [-0.39, 0.29) is 23.8 Å². The number of nitrogens with one attached hydrogen (secondary N) is 2. The normalized spacial score (nSPS) is 14.8. The van der Waals surface area contributed by atoms with Crippen molar-refractivity contribution in [2.24, 2.45) is 0 Å². The lowest BCUT2D eigenvalue weighted by Crippen LogP contribution is -2.47. The van der Waals surface area contributed by atoms with Crippen LogP contribution in [0.1, 0.15) is 23.2 Å². The fourth-order valence-electron chi connectivity index (χ4n) is 2.88. The van der Waals surface area contributed by atoms with E-state index in [0.29, 0.717) is 31.5 Å². The van der Waals surface area contributed by atoms with Gasteiger partial charge in [-0.2, -0.15) is 0 Å². The molecule has 1 fully saturated rings. The number of likely N-dealkylation sites (tertiary alicyclic amines) is 1. The number of halogens is 1. The summed E-state index contributed by atoms with van der Waals surface area (Å²) in [4.78, 5) is 26.1. The van der Waals surface area contributed by atoms with Gasteiger partial charge in [0.15, 0.2) is 0 Å². The largest absolute Gasteiger partial charge is 0.338 e. The number of hydrogen-bond acceptors (Lipinski definition) is 2. The van der Waals surface area contributed by atoms with Crippen LogP contribution in [0.5, 0.6) is 0 Å². The Bertz CT molecular complexity index is 726. The molecule has 0 aromatic heterocycles. The maximum atomic E-state index is 13.0. The predicted molar refractivity (Wildman–Crippen MR) is 93.9 cm³/mol. The zero-order chi connectivity index (χ0) is 17.6. The molecule has 3 amide bonds. The van der Waals surface area contributed by atoms with Crippen LogP contribution in [-0.4, -0.2) is 36.0 Å². The SMILES string of the molecule is O=C(Nc1ccccc1)NC1CCN(C(=O)c2ccc(F)cc2)CC1. The number of benzene rings is 2. The first-order valence-corrected chi connectivity index (χ1v) is 8.29. The van der Waals surface area contributed by atoms with Crippen LogP contribution >= 0.6 is 0 Å². The van der Waals surface area contributed by atoms with Crippen LogP contribution in [0.4, 0.5) is 14.9 Å². The summed E-state index contributed by atoms with van der Waals surface area (Å²) in [6.45, 7) is 1.12.